The first kappa shape index (κ1) is 15.6. The van der Waals surface area contributed by atoms with Crippen molar-refractivity contribution in [3.05, 3.63) is 22.4 Å². The molecule has 1 aromatic rings. The van der Waals surface area contributed by atoms with Gasteiger partial charge in [-0.1, -0.05) is 0 Å². The van der Waals surface area contributed by atoms with Crippen molar-refractivity contribution in [3.63, 3.8) is 0 Å². The van der Waals surface area contributed by atoms with Crippen LogP contribution in [-0.2, 0) is 16.1 Å². The second kappa shape index (κ2) is 6.91. The highest BCUT2D eigenvalue weighted by Gasteiger charge is 2.42. The predicted molar refractivity (Wildman–Crippen MR) is 91.4 cm³/mol. The Labute approximate surface area is 142 Å². The van der Waals surface area contributed by atoms with Crippen LogP contribution in [0.2, 0.25) is 0 Å². The van der Waals surface area contributed by atoms with Crippen LogP contribution in [0.25, 0.3) is 0 Å². The van der Waals surface area contributed by atoms with E-state index in [-0.39, 0.29) is 6.10 Å². The molecule has 3 aliphatic heterocycles. The number of nitrogens with zero attached hydrogens (tertiary/aromatic N) is 2. The van der Waals surface area contributed by atoms with Gasteiger partial charge in [-0.25, -0.2) is 0 Å². The molecule has 4 nitrogen and oxygen atoms in total. The number of hydrogen-bond acceptors (Lipinski definition) is 4. The van der Waals surface area contributed by atoms with E-state index in [0.717, 1.165) is 39.3 Å². The zero-order valence-electron chi connectivity index (χ0n) is 13.7. The molecule has 0 spiro atoms. The van der Waals surface area contributed by atoms with Crippen LogP contribution in [0.5, 0.6) is 0 Å². The Bertz CT molecular complexity index is 527. The SMILES string of the molecule is O=C(C[C@@H]1OC[C@@H]2CN(Cc3ccsc3)CC[C@@H]21)N1CCCC1. The van der Waals surface area contributed by atoms with Gasteiger partial charge in [-0.2, -0.15) is 11.3 Å². The fourth-order valence-electron chi connectivity index (χ4n) is 4.42. The number of carbonyl (C=O) groups is 1. The maximum atomic E-state index is 12.4. The van der Waals surface area contributed by atoms with E-state index in [1.165, 1.54) is 24.8 Å². The van der Waals surface area contributed by atoms with Crippen LogP contribution in [0.15, 0.2) is 16.8 Å². The summed E-state index contributed by atoms with van der Waals surface area (Å²) < 4.78 is 6.04. The summed E-state index contributed by atoms with van der Waals surface area (Å²) in [4.78, 5) is 17.0. The maximum absolute atomic E-state index is 12.4. The number of thiophene rings is 1. The summed E-state index contributed by atoms with van der Waals surface area (Å²) in [6.45, 7) is 6.05. The van der Waals surface area contributed by atoms with Crippen molar-refractivity contribution in [1.82, 2.24) is 9.80 Å². The van der Waals surface area contributed by atoms with Gasteiger partial charge < -0.3 is 9.64 Å². The minimum Gasteiger partial charge on any atom is -0.377 e. The van der Waals surface area contributed by atoms with Crippen molar-refractivity contribution in [1.29, 1.82) is 0 Å². The fourth-order valence-corrected chi connectivity index (χ4v) is 5.08. The molecule has 0 unspecified atom stereocenters. The smallest absolute Gasteiger partial charge is 0.225 e. The number of ether oxygens (including phenoxy) is 1. The predicted octanol–water partition coefficient (Wildman–Crippen LogP) is 2.60. The lowest BCUT2D eigenvalue weighted by atomic mass is 9.83. The largest absolute Gasteiger partial charge is 0.377 e. The minimum atomic E-state index is 0.163. The Kier molecular flexibility index (Phi) is 4.69. The van der Waals surface area contributed by atoms with Gasteiger partial charge in [-0.05, 0) is 54.1 Å². The van der Waals surface area contributed by atoms with Crippen LogP contribution in [0.3, 0.4) is 0 Å². The van der Waals surface area contributed by atoms with Gasteiger partial charge in [0.15, 0.2) is 0 Å². The highest BCUT2D eigenvalue weighted by molar-refractivity contribution is 7.07. The lowest BCUT2D eigenvalue weighted by Crippen LogP contribution is -2.42. The second-order valence-corrected chi connectivity index (χ2v) is 8.02. The van der Waals surface area contributed by atoms with E-state index in [9.17, 15) is 4.79 Å². The van der Waals surface area contributed by atoms with E-state index in [2.05, 4.69) is 21.7 Å². The Morgan fingerprint density at radius 1 is 1.30 bits per heavy atom. The van der Waals surface area contributed by atoms with Gasteiger partial charge >= 0.3 is 0 Å². The normalized spacial score (nSPS) is 31.5. The third-order valence-electron chi connectivity index (χ3n) is 5.70. The number of carbonyl (C=O) groups excluding carboxylic acids is 1. The molecule has 0 N–H and O–H groups in total. The lowest BCUT2D eigenvalue weighted by Gasteiger charge is -2.35. The lowest BCUT2D eigenvalue weighted by molar-refractivity contribution is -0.133. The van der Waals surface area contributed by atoms with E-state index < -0.39 is 0 Å². The average Bonchev–Trinajstić information content (AvgIpc) is 3.28. The second-order valence-electron chi connectivity index (χ2n) is 7.24. The van der Waals surface area contributed by atoms with Gasteiger partial charge in [0, 0.05) is 32.1 Å². The van der Waals surface area contributed by atoms with Gasteiger partial charge in [0.25, 0.3) is 0 Å². The summed E-state index contributed by atoms with van der Waals surface area (Å²) in [7, 11) is 0. The van der Waals surface area contributed by atoms with Crippen LogP contribution >= 0.6 is 11.3 Å². The molecule has 0 saturated carbocycles. The van der Waals surface area contributed by atoms with Gasteiger partial charge in [0.1, 0.15) is 0 Å². The third-order valence-corrected chi connectivity index (χ3v) is 6.43. The zero-order valence-corrected chi connectivity index (χ0v) is 14.5. The summed E-state index contributed by atoms with van der Waals surface area (Å²) in [5, 5.41) is 4.40. The molecule has 0 aromatic carbocycles. The van der Waals surface area contributed by atoms with Crippen LogP contribution in [0.4, 0.5) is 0 Å². The highest BCUT2D eigenvalue weighted by Crippen LogP contribution is 2.36. The van der Waals surface area contributed by atoms with Crippen molar-refractivity contribution >= 4 is 17.2 Å². The molecule has 126 valence electrons. The van der Waals surface area contributed by atoms with Gasteiger partial charge in [-0.15, -0.1) is 0 Å². The number of hydrogen-bond donors (Lipinski definition) is 0. The molecule has 4 heterocycles. The quantitative estimate of drug-likeness (QED) is 0.848. The molecule has 1 aromatic heterocycles. The number of likely N-dealkylation sites (tertiary alicyclic amines) is 2. The van der Waals surface area contributed by atoms with Crippen LogP contribution in [-0.4, -0.2) is 54.6 Å². The monoisotopic (exact) mass is 334 g/mol. The van der Waals surface area contributed by atoms with Gasteiger partial charge in [-0.3, -0.25) is 9.69 Å². The van der Waals surface area contributed by atoms with Crippen LogP contribution < -0.4 is 0 Å². The van der Waals surface area contributed by atoms with Crippen LogP contribution in [0.1, 0.15) is 31.2 Å². The molecular weight excluding hydrogens is 308 g/mol. The molecule has 3 saturated heterocycles. The molecule has 3 fully saturated rings. The first-order chi connectivity index (χ1) is 11.3. The number of rotatable bonds is 4. The first-order valence-corrected chi connectivity index (χ1v) is 9.86. The highest BCUT2D eigenvalue weighted by atomic mass is 32.1. The molecule has 0 radical (unpaired) electrons. The fraction of sp³-hybridized carbons (Fsp3) is 0.722. The van der Waals surface area contributed by atoms with Crippen molar-refractivity contribution in [3.8, 4) is 0 Å². The Hall–Kier alpha value is -0.910. The van der Waals surface area contributed by atoms with Crippen molar-refractivity contribution in [2.24, 2.45) is 11.8 Å². The molecule has 5 heteroatoms. The Morgan fingerprint density at radius 2 is 2.17 bits per heavy atom. The molecule has 0 aliphatic carbocycles. The van der Waals surface area contributed by atoms with E-state index in [0.29, 0.717) is 24.2 Å². The molecule has 0 bridgehead atoms. The van der Waals surface area contributed by atoms with E-state index in [1.807, 2.05) is 4.90 Å². The topological polar surface area (TPSA) is 32.8 Å². The standard InChI is InChI=1S/C18H26N2O2S/c21-18(20-5-1-2-6-20)9-17-16-3-7-19(11-15(16)12-22-17)10-14-4-8-23-13-14/h4,8,13,15-17H,1-3,5-7,9-12H2/t15-,16-,17-/m0/s1. The molecular formula is C18H26N2O2S. The summed E-state index contributed by atoms with van der Waals surface area (Å²) in [5.74, 6) is 1.51. The van der Waals surface area contributed by atoms with E-state index >= 15 is 0 Å². The number of amides is 1. The number of piperidine rings is 1. The summed E-state index contributed by atoms with van der Waals surface area (Å²) in [6, 6.07) is 2.22. The summed E-state index contributed by atoms with van der Waals surface area (Å²) >= 11 is 1.77. The van der Waals surface area contributed by atoms with Crippen molar-refractivity contribution < 1.29 is 9.53 Å². The van der Waals surface area contributed by atoms with Gasteiger partial charge in [0.2, 0.25) is 5.91 Å². The van der Waals surface area contributed by atoms with Gasteiger partial charge in [0.05, 0.1) is 19.1 Å². The number of fused-ring (bicyclic) bond motifs is 1. The summed E-state index contributed by atoms with van der Waals surface area (Å²) in [5.41, 5.74) is 1.42. The van der Waals surface area contributed by atoms with E-state index in [1.54, 1.807) is 11.3 Å². The van der Waals surface area contributed by atoms with Crippen molar-refractivity contribution in [2.45, 2.75) is 38.3 Å². The molecule has 3 aliphatic rings. The molecule has 3 atom stereocenters. The minimum absolute atomic E-state index is 0.163. The summed E-state index contributed by atoms with van der Waals surface area (Å²) in [6.07, 6.45) is 4.27. The van der Waals surface area contributed by atoms with E-state index in [4.69, 9.17) is 4.74 Å². The zero-order chi connectivity index (χ0) is 15.6. The maximum Gasteiger partial charge on any atom is 0.225 e. The molecule has 23 heavy (non-hydrogen) atoms. The third kappa shape index (κ3) is 3.47. The molecule has 4 rings (SSSR count). The Balaban J connectivity index is 1.30. The van der Waals surface area contributed by atoms with Crippen molar-refractivity contribution in [2.75, 3.05) is 32.8 Å². The van der Waals surface area contributed by atoms with Crippen LogP contribution in [0, 0.1) is 11.8 Å². The molecule has 1 amide bonds. The average molecular weight is 334 g/mol. The Morgan fingerprint density at radius 3 is 2.96 bits per heavy atom. The first-order valence-electron chi connectivity index (χ1n) is 8.92.